The second-order valence-electron chi connectivity index (χ2n) is 0.706. The molecule has 36 valence electrons. The molecule has 0 rings (SSSR count). The van der Waals surface area contributed by atoms with Crippen LogP contribution in [-0.4, -0.2) is 20.5 Å². The molecule has 3 heteroatoms. The van der Waals surface area contributed by atoms with Gasteiger partial charge in [-0.05, 0) is 0 Å². The fraction of sp³-hybridized carbons (Fsp3) is 0.667. The van der Waals surface area contributed by atoms with Gasteiger partial charge in [-0.25, -0.2) is 0 Å². The van der Waals surface area contributed by atoms with Crippen LogP contribution in [0.5, 0.6) is 0 Å². The van der Waals surface area contributed by atoms with E-state index in [1.165, 1.54) is 13.4 Å². The maximum Gasteiger partial charge on any atom is 0.128 e. The Hall–Kier alpha value is -0.730. The molecule has 1 N–H and O–H groups in total. The van der Waals surface area contributed by atoms with Crippen molar-refractivity contribution in [2.45, 2.75) is 0 Å². The van der Waals surface area contributed by atoms with E-state index in [-0.39, 0.29) is 0 Å². The van der Waals surface area contributed by atoms with Gasteiger partial charge in [0.15, 0.2) is 0 Å². The molecule has 0 fully saturated rings. The third kappa shape index (κ3) is 3.27. The van der Waals surface area contributed by atoms with Gasteiger partial charge in [0.25, 0.3) is 0 Å². The normalized spacial score (nSPS) is 9.00. The summed E-state index contributed by atoms with van der Waals surface area (Å²) in [6, 6.07) is 0. The van der Waals surface area contributed by atoms with E-state index in [9.17, 15) is 0 Å². The zero-order valence-electron chi connectivity index (χ0n) is 3.93. The van der Waals surface area contributed by atoms with Crippen LogP contribution >= 0.6 is 0 Å². The Kier molecular flexibility index (Phi) is 3.75. The van der Waals surface area contributed by atoms with E-state index in [2.05, 4.69) is 15.3 Å². The van der Waals surface area contributed by atoms with Crippen molar-refractivity contribution in [3.05, 3.63) is 0 Å². The number of nitrogens with one attached hydrogen (secondary N) is 1. The standard InChI is InChI=1S/C3H8N2O/c1-4-3-5-6-2/h3H,1-2H3,(H,4,5). The van der Waals surface area contributed by atoms with Gasteiger partial charge in [0.2, 0.25) is 0 Å². The highest BCUT2D eigenvalue weighted by molar-refractivity contribution is 5.52. The Bertz CT molecular complexity index is 38.1. The fourth-order valence-electron chi connectivity index (χ4n) is 0.105. The van der Waals surface area contributed by atoms with E-state index in [4.69, 9.17) is 0 Å². The molecule has 0 unspecified atom stereocenters. The molecule has 6 heavy (non-hydrogen) atoms. The molecule has 0 aliphatic heterocycles. The summed E-state index contributed by atoms with van der Waals surface area (Å²) >= 11 is 0. The van der Waals surface area contributed by atoms with Crippen LogP contribution in [-0.2, 0) is 4.84 Å². The Morgan fingerprint density at radius 1 is 1.83 bits per heavy atom. The van der Waals surface area contributed by atoms with Gasteiger partial charge in [-0.2, -0.15) is 0 Å². The highest BCUT2D eigenvalue weighted by Gasteiger charge is 1.54. The predicted octanol–water partition coefficient (Wildman–Crippen LogP) is -0.205. The van der Waals surface area contributed by atoms with Crippen molar-refractivity contribution in [3.8, 4) is 0 Å². The highest BCUT2D eigenvalue weighted by atomic mass is 16.6. The van der Waals surface area contributed by atoms with Crippen molar-refractivity contribution < 1.29 is 4.84 Å². The lowest BCUT2D eigenvalue weighted by atomic mass is 11.2. The van der Waals surface area contributed by atoms with Gasteiger partial charge < -0.3 is 10.2 Å². The predicted molar refractivity (Wildman–Crippen MR) is 24.6 cm³/mol. The number of hydrogen-bond donors (Lipinski definition) is 1. The molecule has 0 aromatic rings. The van der Waals surface area contributed by atoms with Crippen molar-refractivity contribution in [1.82, 2.24) is 5.32 Å². The molecule has 0 spiro atoms. The van der Waals surface area contributed by atoms with Gasteiger partial charge in [0.05, 0.1) is 0 Å². The SMILES string of the molecule is CN/C=N\OC. The molecular weight excluding hydrogens is 80.0 g/mol. The molecule has 0 radical (unpaired) electrons. The molecule has 0 aliphatic carbocycles. The van der Waals surface area contributed by atoms with Crippen LogP contribution < -0.4 is 5.32 Å². The first-order valence-electron chi connectivity index (χ1n) is 1.64. The van der Waals surface area contributed by atoms with Gasteiger partial charge in [0.1, 0.15) is 13.4 Å². The van der Waals surface area contributed by atoms with Gasteiger partial charge >= 0.3 is 0 Å². The van der Waals surface area contributed by atoms with Crippen molar-refractivity contribution in [2.24, 2.45) is 5.16 Å². The lowest BCUT2D eigenvalue weighted by Crippen LogP contribution is -2.00. The minimum Gasteiger partial charge on any atom is -0.398 e. The zero-order valence-corrected chi connectivity index (χ0v) is 3.93. The summed E-state index contributed by atoms with van der Waals surface area (Å²) in [5, 5.41) is 6.01. The summed E-state index contributed by atoms with van der Waals surface area (Å²) in [7, 11) is 3.25. The molecule has 0 amide bonds. The Labute approximate surface area is 37.0 Å². The third-order valence-electron chi connectivity index (χ3n) is 0.287. The van der Waals surface area contributed by atoms with Crippen LogP contribution in [0.4, 0.5) is 0 Å². The van der Waals surface area contributed by atoms with Crippen molar-refractivity contribution in [1.29, 1.82) is 0 Å². The molecule has 0 bridgehead atoms. The van der Waals surface area contributed by atoms with E-state index in [0.29, 0.717) is 0 Å². The van der Waals surface area contributed by atoms with E-state index in [1.54, 1.807) is 7.05 Å². The van der Waals surface area contributed by atoms with Gasteiger partial charge in [-0.3, -0.25) is 0 Å². The Morgan fingerprint density at radius 2 is 2.50 bits per heavy atom. The van der Waals surface area contributed by atoms with Crippen LogP contribution in [0.25, 0.3) is 0 Å². The summed E-state index contributed by atoms with van der Waals surface area (Å²) in [4.78, 5) is 4.29. The molecule has 0 aliphatic rings. The minimum absolute atomic E-state index is 1.46. The number of oxime groups is 1. The first kappa shape index (κ1) is 5.27. The zero-order chi connectivity index (χ0) is 4.83. The average Bonchev–Trinajstić information content (AvgIpc) is 1.61. The highest BCUT2D eigenvalue weighted by Crippen LogP contribution is 1.55. The molecular formula is C3H8N2O. The van der Waals surface area contributed by atoms with E-state index >= 15 is 0 Å². The fourth-order valence-corrected chi connectivity index (χ4v) is 0.105. The van der Waals surface area contributed by atoms with Crippen LogP contribution in [0, 0.1) is 0 Å². The van der Waals surface area contributed by atoms with Gasteiger partial charge in [0, 0.05) is 7.05 Å². The monoisotopic (exact) mass is 88.1 g/mol. The molecule has 0 aromatic heterocycles. The largest absolute Gasteiger partial charge is 0.398 e. The van der Waals surface area contributed by atoms with E-state index in [0.717, 1.165) is 0 Å². The van der Waals surface area contributed by atoms with Crippen LogP contribution in [0.1, 0.15) is 0 Å². The minimum atomic E-state index is 1.46. The second kappa shape index (κ2) is 4.27. The van der Waals surface area contributed by atoms with Crippen molar-refractivity contribution >= 4 is 6.34 Å². The third-order valence-corrected chi connectivity index (χ3v) is 0.287. The lowest BCUT2D eigenvalue weighted by molar-refractivity contribution is 0.214. The second-order valence-corrected chi connectivity index (χ2v) is 0.706. The molecule has 0 aromatic carbocycles. The summed E-state index contributed by atoms with van der Waals surface area (Å²) in [6.45, 7) is 0. The van der Waals surface area contributed by atoms with Crippen LogP contribution in [0.15, 0.2) is 5.16 Å². The molecule has 0 heterocycles. The van der Waals surface area contributed by atoms with Crippen molar-refractivity contribution in [2.75, 3.05) is 14.2 Å². The van der Waals surface area contributed by atoms with Gasteiger partial charge in [-0.1, -0.05) is 5.16 Å². The lowest BCUT2D eigenvalue weighted by Gasteiger charge is -1.81. The summed E-state index contributed by atoms with van der Waals surface area (Å²) in [5.74, 6) is 0. The first-order chi connectivity index (χ1) is 2.91. The Morgan fingerprint density at radius 3 is 2.67 bits per heavy atom. The van der Waals surface area contributed by atoms with Crippen LogP contribution in [0.2, 0.25) is 0 Å². The molecule has 3 nitrogen and oxygen atoms in total. The van der Waals surface area contributed by atoms with E-state index in [1.807, 2.05) is 0 Å². The topological polar surface area (TPSA) is 33.6 Å². The summed E-state index contributed by atoms with van der Waals surface area (Å²) < 4.78 is 0. The van der Waals surface area contributed by atoms with Crippen LogP contribution in [0.3, 0.4) is 0 Å². The quantitative estimate of drug-likeness (QED) is 0.288. The molecule has 0 saturated carbocycles. The summed E-state index contributed by atoms with van der Waals surface area (Å²) in [6.07, 6.45) is 1.46. The smallest absolute Gasteiger partial charge is 0.128 e. The maximum atomic E-state index is 4.29. The summed E-state index contributed by atoms with van der Waals surface area (Å²) in [5.41, 5.74) is 0. The number of nitrogens with zero attached hydrogens (tertiary/aromatic N) is 1. The molecule has 0 atom stereocenters. The Balaban J connectivity index is 2.73. The van der Waals surface area contributed by atoms with Gasteiger partial charge in [-0.15, -0.1) is 0 Å². The molecule has 0 saturated heterocycles. The van der Waals surface area contributed by atoms with Crippen molar-refractivity contribution in [3.63, 3.8) is 0 Å². The number of hydrogen-bond acceptors (Lipinski definition) is 2. The first-order valence-corrected chi connectivity index (χ1v) is 1.64. The van der Waals surface area contributed by atoms with E-state index < -0.39 is 0 Å². The maximum absolute atomic E-state index is 4.29. The average molecular weight is 88.1 g/mol. The number of rotatable bonds is 2.